The first kappa shape index (κ1) is 23.4. The standard InChI is InChI=1S/C21H37N5O2S/c1-7-22-19(23-11-10-18-25-15(2)16(3)29-18)24-13-17-9-8-12-26(14-17)20(27)28-21(4,5)6/h17H,7-14H2,1-6H3,(H2,22,23,24). The second-order valence-electron chi connectivity index (χ2n) is 8.58. The van der Waals surface area contributed by atoms with Crippen molar-refractivity contribution in [3.05, 3.63) is 15.6 Å². The summed E-state index contributed by atoms with van der Waals surface area (Å²) >= 11 is 1.76. The second-order valence-corrected chi connectivity index (χ2v) is 9.87. The van der Waals surface area contributed by atoms with Gasteiger partial charge in [0.15, 0.2) is 5.96 Å². The lowest BCUT2D eigenvalue weighted by molar-refractivity contribution is 0.0170. The minimum atomic E-state index is -0.460. The van der Waals surface area contributed by atoms with E-state index in [2.05, 4.69) is 36.4 Å². The van der Waals surface area contributed by atoms with Crippen LogP contribution in [0.4, 0.5) is 4.79 Å². The summed E-state index contributed by atoms with van der Waals surface area (Å²) in [6.07, 6.45) is 2.75. The number of piperidine rings is 1. The number of likely N-dealkylation sites (tertiary alicyclic amines) is 1. The van der Waals surface area contributed by atoms with E-state index in [1.54, 1.807) is 11.3 Å². The molecule has 8 heteroatoms. The van der Waals surface area contributed by atoms with Gasteiger partial charge in [0.2, 0.25) is 0 Å². The normalized spacial score (nSPS) is 17.9. The number of aryl methyl sites for hydroxylation is 2. The number of nitrogens with one attached hydrogen (secondary N) is 2. The van der Waals surface area contributed by atoms with Gasteiger partial charge in [0.1, 0.15) is 5.60 Å². The Morgan fingerprint density at radius 1 is 1.34 bits per heavy atom. The van der Waals surface area contributed by atoms with Gasteiger partial charge in [0.05, 0.1) is 10.7 Å². The van der Waals surface area contributed by atoms with Gasteiger partial charge in [0, 0.05) is 44.0 Å². The summed E-state index contributed by atoms with van der Waals surface area (Å²) in [5, 5.41) is 7.87. The van der Waals surface area contributed by atoms with Gasteiger partial charge in [-0.1, -0.05) is 0 Å². The quantitative estimate of drug-likeness (QED) is 0.541. The number of ether oxygens (including phenoxy) is 1. The Morgan fingerprint density at radius 2 is 2.10 bits per heavy atom. The van der Waals surface area contributed by atoms with Crippen molar-refractivity contribution in [3.63, 3.8) is 0 Å². The van der Waals surface area contributed by atoms with Crippen molar-refractivity contribution in [3.8, 4) is 0 Å². The van der Waals surface area contributed by atoms with Crippen LogP contribution in [0.15, 0.2) is 4.99 Å². The molecule has 1 amide bonds. The van der Waals surface area contributed by atoms with E-state index in [4.69, 9.17) is 9.73 Å². The third-order valence-corrected chi connectivity index (χ3v) is 5.86. The maximum absolute atomic E-state index is 12.3. The van der Waals surface area contributed by atoms with Crippen molar-refractivity contribution in [1.29, 1.82) is 0 Å². The lowest BCUT2D eigenvalue weighted by Gasteiger charge is -2.33. The molecule has 0 aromatic carbocycles. The molecule has 0 spiro atoms. The number of hydrogen-bond donors (Lipinski definition) is 2. The third kappa shape index (κ3) is 8.20. The average Bonchev–Trinajstić information content (AvgIpc) is 2.96. The van der Waals surface area contributed by atoms with Crippen LogP contribution in [0.1, 0.15) is 56.1 Å². The number of amides is 1. The zero-order valence-electron chi connectivity index (χ0n) is 18.8. The first-order chi connectivity index (χ1) is 13.7. The summed E-state index contributed by atoms with van der Waals surface area (Å²) < 4.78 is 5.52. The van der Waals surface area contributed by atoms with Crippen LogP contribution < -0.4 is 10.6 Å². The fourth-order valence-electron chi connectivity index (χ4n) is 3.20. The highest BCUT2D eigenvalue weighted by Crippen LogP contribution is 2.20. The molecule has 164 valence electrons. The second kappa shape index (κ2) is 10.8. The molecule has 1 aliphatic heterocycles. The van der Waals surface area contributed by atoms with Crippen LogP contribution in [0, 0.1) is 19.8 Å². The van der Waals surface area contributed by atoms with Gasteiger partial charge in [-0.15, -0.1) is 11.3 Å². The summed E-state index contributed by atoms with van der Waals surface area (Å²) in [7, 11) is 0. The molecule has 1 aliphatic rings. The molecule has 29 heavy (non-hydrogen) atoms. The number of guanidine groups is 1. The molecule has 2 N–H and O–H groups in total. The summed E-state index contributed by atoms with van der Waals surface area (Å²) in [6, 6.07) is 0. The fraction of sp³-hybridized carbons (Fsp3) is 0.762. The lowest BCUT2D eigenvalue weighted by atomic mass is 9.98. The molecule has 0 aliphatic carbocycles. The van der Waals surface area contributed by atoms with Gasteiger partial charge in [-0.25, -0.2) is 9.78 Å². The van der Waals surface area contributed by atoms with Crippen LogP contribution in [0.5, 0.6) is 0 Å². The minimum Gasteiger partial charge on any atom is -0.444 e. The maximum atomic E-state index is 12.3. The molecule has 2 rings (SSSR count). The van der Waals surface area contributed by atoms with Gasteiger partial charge < -0.3 is 20.3 Å². The maximum Gasteiger partial charge on any atom is 0.410 e. The van der Waals surface area contributed by atoms with E-state index in [9.17, 15) is 4.79 Å². The minimum absolute atomic E-state index is 0.217. The molecule has 1 fully saturated rings. The highest BCUT2D eigenvalue weighted by atomic mass is 32.1. The van der Waals surface area contributed by atoms with Crippen molar-refractivity contribution in [1.82, 2.24) is 20.5 Å². The molecule has 0 bridgehead atoms. The molecular weight excluding hydrogens is 386 g/mol. The summed E-state index contributed by atoms with van der Waals surface area (Å²) in [6.45, 7) is 15.7. The monoisotopic (exact) mass is 423 g/mol. The van der Waals surface area contributed by atoms with Crippen molar-refractivity contribution < 1.29 is 9.53 Å². The molecule has 1 saturated heterocycles. The van der Waals surface area contributed by atoms with Crippen molar-refractivity contribution in [2.45, 2.75) is 66.4 Å². The molecule has 1 atom stereocenters. The number of nitrogens with zero attached hydrogens (tertiary/aromatic N) is 3. The molecule has 1 aromatic rings. The predicted octanol–water partition coefficient (Wildman–Crippen LogP) is 3.50. The number of thiazole rings is 1. The third-order valence-electron chi connectivity index (χ3n) is 4.73. The van der Waals surface area contributed by atoms with Crippen LogP contribution in [-0.2, 0) is 11.2 Å². The van der Waals surface area contributed by atoms with Crippen molar-refractivity contribution in [2.24, 2.45) is 10.9 Å². The van der Waals surface area contributed by atoms with E-state index >= 15 is 0 Å². The van der Waals surface area contributed by atoms with Gasteiger partial charge in [-0.3, -0.25) is 4.99 Å². The zero-order chi connectivity index (χ0) is 21.4. The van der Waals surface area contributed by atoms with E-state index in [1.165, 1.54) is 4.88 Å². The Bertz CT molecular complexity index is 676. The lowest BCUT2D eigenvalue weighted by Crippen LogP contribution is -2.44. The Labute approximate surface area is 179 Å². The van der Waals surface area contributed by atoms with Gasteiger partial charge in [-0.05, 0) is 60.3 Å². The fourth-order valence-corrected chi connectivity index (χ4v) is 4.14. The molecule has 0 radical (unpaired) electrons. The first-order valence-electron chi connectivity index (χ1n) is 10.6. The Morgan fingerprint density at radius 3 is 2.72 bits per heavy atom. The van der Waals surface area contributed by atoms with Gasteiger partial charge in [-0.2, -0.15) is 0 Å². The molecular formula is C21H37N5O2S. The number of hydrogen-bond acceptors (Lipinski definition) is 5. The summed E-state index contributed by atoms with van der Waals surface area (Å²) in [5.41, 5.74) is 0.663. The van der Waals surface area contributed by atoms with Crippen LogP contribution >= 0.6 is 11.3 Å². The Hall–Kier alpha value is -1.83. The van der Waals surface area contributed by atoms with Gasteiger partial charge in [0.25, 0.3) is 0 Å². The van der Waals surface area contributed by atoms with E-state index in [0.717, 1.165) is 55.6 Å². The zero-order valence-corrected chi connectivity index (χ0v) is 19.6. The predicted molar refractivity (Wildman–Crippen MR) is 120 cm³/mol. The summed E-state index contributed by atoms with van der Waals surface area (Å²) in [5.74, 6) is 1.18. The average molecular weight is 424 g/mol. The van der Waals surface area contributed by atoms with Crippen molar-refractivity contribution in [2.75, 3.05) is 32.7 Å². The van der Waals surface area contributed by atoms with Crippen LogP contribution in [0.3, 0.4) is 0 Å². The first-order valence-corrected chi connectivity index (χ1v) is 11.4. The Kier molecular flexibility index (Phi) is 8.74. The Balaban J connectivity index is 1.84. The van der Waals surface area contributed by atoms with Crippen LogP contribution in [0.2, 0.25) is 0 Å². The molecule has 7 nitrogen and oxygen atoms in total. The highest BCUT2D eigenvalue weighted by molar-refractivity contribution is 7.11. The SMILES string of the molecule is CCNC(=NCC1CCCN(C(=O)OC(C)(C)C)C1)NCCc1nc(C)c(C)s1. The number of carbonyl (C=O) groups is 1. The molecule has 1 unspecified atom stereocenters. The van der Waals surface area contributed by atoms with Crippen LogP contribution in [0.25, 0.3) is 0 Å². The van der Waals surface area contributed by atoms with E-state index in [0.29, 0.717) is 19.0 Å². The van der Waals surface area contributed by atoms with E-state index < -0.39 is 5.60 Å². The largest absolute Gasteiger partial charge is 0.444 e. The highest BCUT2D eigenvalue weighted by Gasteiger charge is 2.27. The topological polar surface area (TPSA) is 78.9 Å². The molecule has 0 saturated carbocycles. The number of aromatic nitrogens is 1. The van der Waals surface area contributed by atoms with Crippen LogP contribution in [-0.4, -0.2) is 60.3 Å². The van der Waals surface area contributed by atoms with E-state index in [-0.39, 0.29) is 6.09 Å². The van der Waals surface area contributed by atoms with E-state index in [1.807, 2.05) is 25.7 Å². The smallest absolute Gasteiger partial charge is 0.410 e. The molecule has 1 aromatic heterocycles. The van der Waals surface area contributed by atoms with Crippen molar-refractivity contribution >= 4 is 23.4 Å². The summed E-state index contributed by atoms with van der Waals surface area (Å²) in [4.78, 5) is 24.8. The molecule has 2 heterocycles. The number of aliphatic imine (C=N–C) groups is 1. The number of carbonyl (C=O) groups excluding carboxylic acids is 1. The van der Waals surface area contributed by atoms with Gasteiger partial charge >= 0.3 is 6.09 Å². The number of rotatable bonds is 6.